The number of nitrogens with one attached hydrogen (secondary N) is 1. The Balaban J connectivity index is 1.92. The fraction of sp³-hybridized carbons (Fsp3) is 0.312. The van der Waals surface area contributed by atoms with Crippen LogP contribution in [0.3, 0.4) is 0 Å². The van der Waals surface area contributed by atoms with E-state index < -0.39 is 11.7 Å². The van der Waals surface area contributed by atoms with E-state index in [0.29, 0.717) is 13.0 Å². The number of hydrogen-bond acceptors (Lipinski definition) is 2. The third-order valence-electron chi connectivity index (χ3n) is 3.88. The zero-order valence-electron chi connectivity index (χ0n) is 11.3. The molecule has 1 atom stereocenters. The molecule has 0 saturated heterocycles. The first-order chi connectivity index (χ1) is 10.1. The van der Waals surface area contributed by atoms with Crippen molar-refractivity contribution in [3.63, 3.8) is 0 Å². The highest BCUT2D eigenvalue weighted by atomic mass is 19.4. The lowest BCUT2D eigenvalue weighted by Gasteiger charge is -2.27. The summed E-state index contributed by atoms with van der Waals surface area (Å²) in [4.78, 5) is 3.86. The third kappa shape index (κ3) is 2.93. The molecule has 110 valence electrons. The molecule has 0 fully saturated rings. The van der Waals surface area contributed by atoms with E-state index in [4.69, 9.17) is 0 Å². The van der Waals surface area contributed by atoms with Gasteiger partial charge in [0.15, 0.2) is 0 Å². The van der Waals surface area contributed by atoms with Crippen LogP contribution in [-0.4, -0.2) is 11.5 Å². The molecule has 0 aliphatic carbocycles. The number of aromatic nitrogens is 1. The Kier molecular flexibility index (Phi) is 3.68. The first-order valence-electron chi connectivity index (χ1n) is 6.84. The number of nitrogens with zero attached hydrogens (tertiary/aromatic N) is 1. The van der Waals surface area contributed by atoms with Crippen LogP contribution in [0.2, 0.25) is 0 Å². The van der Waals surface area contributed by atoms with E-state index in [0.717, 1.165) is 23.7 Å². The maximum atomic E-state index is 13.1. The summed E-state index contributed by atoms with van der Waals surface area (Å²) in [5, 5.41) is 3.27. The summed E-state index contributed by atoms with van der Waals surface area (Å²) in [5.41, 5.74) is 1.97. The van der Waals surface area contributed by atoms with E-state index in [1.165, 1.54) is 12.4 Å². The molecule has 0 spiro atoms. The monoisotopic (exact) mass is 292 g/mol. The van der Waals surface area contributed by atoms with Crippen LogP contribution in [0.4, 0.5) is 13.2 Å². The minimum atomic E-state index is -4.33. The lowest BCUT2D eigenvalue weighted by atomic mass is 9.85. The van der Waals surface area contributed by atoms with Crippen molar-refractivity contribution in [2.75, 3.05) is 6.54 Å². The van der Waals surface area contributed by atoms with Gasteiger partial charge in [0.05, 0.1) is 5.56 Å². The Bertz CT molecular complexity index is 637. The average Bonchev–Trinajstić information content (AvgIpc) is 2.47. The van der Waals surface area contributed by atoms with E-state index in [1.54, 1.807) is 0 Å². The molecule has 2 heterocycles. The average molecular weight is 292 g/mol. The smallest absolute Gasteiger partial charge is 0.312 e. The molecule has 2 nitrogen and oxygen atoms in total. The zero-order valence-corrected chi connectivity index (χ0v) is 11.3. The van der Waals surface area contributed by atoms with Gasteiger partial charge in [-0.15, -0.1) is 0 Å². The second-order valence-corrected chi connectivity index (χ2v) is 5.26. The highest BCUT2D eigenvalue weighted by Gasteiger charge is 2.34. The van der Waals surface area contributed by atoms with Gasteiger partial charge in [-0.05, 0) is 29.2 Å². The molecule has 1 aliphatic heterocycles. The quantitative estimate of drug-likeness (QED) is 0.916. The van der Waals surface area contributed by atoms with Gasteiger partial charge in [0.2, 0.25) is 0 Å². The van der Waals surface area contributed by atoms with Crippen LogP contribution in [0.25, 0.3) is 0 Å². The third-order valence-corrected chi connectivity index (χ3v) is 3.88. The van der Waals surface area contributed by atoms with Gasteiger partial charge < -0.3 is 5.32 Å². The Morgan fingerprint density at radius 3 is 2.81 bits per heavy atom. The lowest BCUT2D eigenvalue weighted by molar-refractivity contribution is -0.138. The predicted molar refractivity (Wildman–Crippen MR) is 73.8 cm³/mol. The predicted octanol–water partition coefficient (Wildman–Crippen LogP) is 3.53. The maximum absolute atomic E-state index is 13.1. The SMILES string of the molecule is FC(F)(F)c1ccncc1CC1CNCc2ccccc21. The summed E-state index contributed by atoms with van der Waals surface area (Å²) in [6.45, 7) is 1.45. The Hall–Kier alpha value is -1.88. The van der Waals surface area contributed by atoms with Crippen LogP contribution in [0.1, 0.15) is 28.2 Å². The Morgan fingerprint density at radius 2 is 2.00 bits per heavy atom. The van der Waals surface area contributed by atoms with E-state index >= 15 is 0 Å². The molecule has 0 radical (unpaired) electrons. The van der Waals surface area contributed by atoms with Crippen LogP contribution in [0.15, 0.2) is 42.7 Å². The summed E-state index contributed by atoms with van der Waals surface area (Å²) < 4.78 is 39.2. The Labute approximate surface area is 121 Å². The van der Waals surface area contributed by atoms with Crippen molar-refractivity contribution >= 4 is 0 Å². The topological polar surface area (TPSA) is 24.9 Å². The van der Waals surface area contributed by atoms with Crippen LogP contribution in [-0.2, 0) is 19.1 Å². The number of halogens is 3. The normalized spacial score (nSPS) is 18.3. The minimum absolute atomic E-state index is 0.0419. The minimum Gasteiger partial charge on any atom is -0.312 e. The maximum Gasteiger partial charge on any atom is 0.416 e. The van der Waals surface area contributed by atoms with Gasteiger partial charge >= 0.3 is 6.18 Å². The van der Waals surface area contributed by atoms with Crippen LogP contribution < -0.4 is 5.32 Å². The standard InChI is InChI=1S/C16H15F3N2/c17-16(18,19)15-5-6-20-10-13(15)7-12-9-21-8-11-3-1-2-4-14(11)12/h1-6,10,12,21H,7-9H2. The molecular weight excluding hydrogens is 277 g/mol. The molecule has 1 aliphatic rings. The molecule has 5 heteroatoms. The van der Waals surface area contributed by atoms with Gasteiger partial charge in [0.1, 0.15) is 0 Å². The van der Waals surface area contributed by atoms with E-state index in [1.807, 2.05) is 24.3 Å². The summed E-state index contributed by atoms with van der Waals surface area (Å²) in [6, 6.07) is 8.96. The molecule has 1 unspecified atom stereocenters. The number of fused-ring (bicyclic) bond motifs is 1. The van der Waals surface area contributed by atoms with Gasteiger partial charge in [-0.1, -0.05) is 24.3 Å². The highest BCUT2D eigenvalue weighted by Crippen LogP contribution is 2.34. The molecule has 3 rings (SSSR count). The van der Waals surface area contributed by atoms with Crippen LogP contribution in [0.5, 0.6) is 0 Å². The largest absolute Gasteiger partial charge is 0.416 e. The number of rotatable bonds is 2. The van der Waals surface area contributed by atoms with Gasteiger partial charge in [-0.25, -0.2) is 0 Å². The van der Waals surface area contributed by atoms with Gasteiger partial charge in [-0.2, -0.15) is 13.2 Å². The lowest BCUT2D eigenvalue weighted by Crippen LogP contribution is -2.29. The number of pyridine rings is 1. The van der Waals surface area contributed by atoms with Crippen molar-refractivity contribution in [2.45, 2.75) is 25.1 Å². The van der Waals surface area contributed by atoms with Crippen LogP contribution >= 0.6 is 0 Å². The fourth-order valence-electron chi connectivity index (χ4n) is 2.90. The number of benzene rings is 1. The first kappa shape index (κ1) is 14.1. The highest BCUT2D eigenvalue weighted by molar-refractivity contribution is 5.36. The van der Waals surface area contributed by atoms with Crippen molar-refractivity contribution in [2.24, 2.45) is 0 Å². The molecule has 21 heavy (non-hydrogen) atoms. The number of alkyl halides is 3. The number of hydrogen-bond donors (Lipinski definition) is 1. The molecule has 2 aromatic rings. The summed E-state index contributed by atoms with van der Waals surface area (Å²) >= 11 is 0. The van der Waals surface area contributed by atoms with E-state index in [-0.39, 0.29) is 11.5 Å². The fourth-order valence-corrected chi connectivity index (χ4v) is 2.90. The molecule has 1 aromatic heterocycles. The van der Waals surface area contributed by atoms with Crippen molar-refractivity contribution in [3.05, 3.63) is 65.0 Å². The van der Waals surface area contributed by atoms with Gasteiger partial charge in [0, 0.05) is 31.4 Å². The second-order valence-electron chi connectivity index (χ2n) is 5.26. The first-order valence-corrected chi connectivity index (χ1v) is 6.84. The molecular formula is C16H15F3N2. The van der Waals surface area contributed by atoms with E-state index in [9.17, 15) is 13.2 Å². The zero-order chi connectivity index (χ0) is 14.9. The summed E-state index contributed by atoms with van der Waals surface area (Å²) in [5.74, 6) is 0.0419. The van der Waals surface area contributed by atoms with Crippen molar-refractivity contribution in [1.82, 2.24) is 10.3 Å². The molecule has 0 amide bonds. The van der Waals surface area contributed by atoms with E-state index in [2.05, 4.69) is 10.3 Å². The van der Waals surface area contributed by atoms with Crippen molar-refractivity contribution in [3.8, 4) is 0 Å². The van der Waals surface area contributed by atoms with Crippen molar-refractivity contribution in [1.29, 1.82) is 0 Å². The Morgan fingerprint density at radius 1 is 1.19 bits per heavy atom. The molecule has 0 saturated carbocycles. The molecule has 1 aromatic carbocycles. The van der Waals surface area contributed by atoms with Gasteiger partial charge in [0.25, 0.3) is 0 Å². The second kappa shape index (κ2) is 5.48. The van der Waals surface area contributed by atoms with Gasteiger partial charge in [-0.3, -0.25) is 4.98 Å². The van der Waals surface area contributed by atoms with Crippen LogP contribution in [0, 0.1) is 0 Å². The molecule has 0 bridgehead atoms. The summed E-state index contributed by atoms with van der Waals surface area (Å²) in [6.07, 6.45) is -1.47. The molecule has 1 N–H and O–H groups in total. The van der Waals surface area contributed by atoms with Crippen molar-refractivity contribution < 1.29 is 13.2 Å². The summed E-state index contributed by atoms with van der Waals surface area (Å²) in [7, 11) is 0.